The summed E-state index contributed by atoms with van der Waals surface area (Å²) in [4.78, 5) is 4.65. The van der Waals surface area contributed by atoms with Gasteiger partial charge in [0.05, 0.1) is 5.52 Å². The van der Waals surface area contributed by atoms with Crippen LogP contribution < -0.4 is 9.80 Å². The fourth-order valence-corrected chi connectivity index (χ4v) is 10.5. The molecule has 4 heteroatoms. The van der Waals surface area contributed by atoms with Crippen LogP contribution in [0.25, 0.3) is 78.0 Å². The fraction of sp³-hybridized carbons (Fsp3) is 0.0303. The number of para-hydroxylation sites is 5. The van der Waals surface area contributed by atoms with Gasteiger partial charge in [-0.15, -0.1) is 0 Å². The first-order chi connectivity index (χ1) is 34.7. The molecule has 2 aromatic heterocycles. The highest BCUT2D eigenvalue weighted by atomic mass is 16.3. The predicted octanol–water partition coefficient (Wildman–Crippen LogP) is 18.4. The van der Waals surface area contributed by atoms with Crippen molar-refractivity contribution in [3.05, 3.63) is 266 Å². The molecule has 1 aliphatic rings. The van der Waals surface area contributed by atoms with Crippen LogP contribution in [0.1, 0.15) is 17.7 Å². The van der Waals surface area contributed by atoms with Crippen LogP contribution in [-0.2, 0) is 6.42 Å². The number of aryl methyl sites for hydroxylation is 1. The van der Waals surface area contributed by atoms with E-state index in [4.69, 9.17) is 4.42 Å². The van der Waals surface area contributed by atoms with Gasteiger partial charge in [0.15, 0.2) is 0 Å². The van der Waals surface area contributed by atoms with Crippen molar-refractivity contribution < 1.29 is 4.42 Å². The second-order valence-corrected chi connectivity index (χ2v) is 18.0. The van der Waals surface area contributed by atoms with Crippen LogP contribution in [0.2, 0.25) is 0 Å². The van der Waals surface area contributed by atoms with Gasteiger partial charge >= 0.3 is 0 Å². The summed E-state index contributed by atoms with van der Waals surface area (Å²) in [6.07, 6.45) is 6.70. The Morgan fingerprint density at radius 2 is 0.843 bits per heavy atom. The second-order valence-electron chi connectivity index (χ2n) is 18.0. The molecule has 0 aliphatic heterocycles. The Morgan fingerprint density at radius 3 is 1.43 bits per heavy atom. The van der Waals surface area contributed by atoms with Crippen molar-refractivity contribution in [3.63, 3.8) is 0 Å². The van der Waals surface area contributed by atoms with Crippen LogP contribution in [0, 0.1) is 0 Å². The number of aromatic nitrogens is 1. The first-order valence-electron chi connectivity index (χ1n) is 24.1. The lowest BCUT2D eigenvalue weighted by atomic mass is 9.97. The highest BCUT2D eigenvalue weighted by Crippen LogP contribution is 2.42. The molecule has 0 saturated carbocycles. The molecule has 12 aromatic rings. The molecule has 0 atom stereocenters. The monoisotopic (exact) mass is 897 g/mol. The Labute approximate surface area is 407 Å². The average molecular weight is 898 g/mol. The van der Waals surface area contributed by atoms with Crippen molar-refractivity contribution in [1.29, 1.82) is 0 Å². The van der Waals surface area contributed by atoms with Gasteiger partial charge in [0.1, 0.15) is 11.2 Å². The van der Waals surface area contributed by atoms with E-state index in [-0.39, 0.29) is 0 Å². The van der Waals surface area contributed by atoms with E-state index in [1.54, 1.807) is 0 Å². The topological polar surface area (TPSA) is 24.6 Å². The van der Waals surface area contributed by atoms with Crippen LogP contribution in [-0.4, -0.2) is 4.57 Å². The lowest BCUT2D eigenvalue weighted by Crippen LogP contribution is -2.10. The first kappa shape index (κ1) is 41.1. The standard InChI is InChI=1S/C66H47N3O/c1-4-15-51(16-5-1)67(52-17-6-2-7-18-52)54-36-27-46(28-37-54)47-29-38-55(39-30-47)68(57-42-33-49(34-43-57)58-23-14-24-61-60-22-11-13-26-65(60)70-66(58)61)56-40-31-48(32-41-56)50-35-44-64-62(45-50)59-21-10-12-25-63(59)69(64)53-19-8-3-9-20-53/h1-9,11-20,22-45H,10,21H2. The van der Waals surface area contributed by atoms with Crippen molar-refractivity contribution >= 4 is 73.0 Å². The van der Waals surface area contributed by atoms with Gasteiger partial charge in [0.25, 0.3) is 0 Å². The van der Waals surface area contributed by atoms with Gasteiger partial charge in [0.2, 0.25) is 0 Å². The zero-order chi connectivity index (χ0) is 46.4. The number of hydrogen-bond acceptors (Lipinski definition) is 3. The maximum absolute atomic E-state index is 6.46. The van der Waals surface area contributed by atoms with Crippen molar-refractivity contribution in [2.45, 2.75) is 12.8 Å². The molecule has 0 saturated heterocycles. The summed E-state index contributed by atoms with van der Waals surface area (Å²) in [5.74, 6) is 0. The van der Waals surface area contributed by atoms with Crippen molar-refractivity contribution in [3.8, 4) is 39.1 Å². The molecule has 0 amide bonds. The minimum atomic E-state index is 0.902. The smallest absolute Gasteiger partial charge is 0.143 e. The van der Waals surface area contributed by atoms with Gasteiger partial charge < -0.3 is 18.8 Å². The third-order valence-electron chi connectivity index (χ3n) is 13.9. The number of hydrogen-bond donors (Lipinski definition) is 0. The van der Waals surface area contributed by atoms with E-state index in [2.05, 4.69) is 263 Å². The lowest BCUT2D eigenvalue weighted by molar-refractivity contribution is 0.670. The highest BCUT2D eigenvalue weighted by Gasteiger charge is 2.21. The van der Waals surface area contributed by atoms with E-state index >= 15 is 0 Å². The molecule has 1 aliphatic carbocycles. The number of allylic oxidation sites excluding steroid dienone is 1. The van der Waals surface area contributed by atoms with Gasteiger partial charge in [0, 0.05) is 67.2 Å². The van der Waals surface area contributed by atoms with E-state index in [1.165, 1.54) is 39.0 Å². The van der Waals surface area contributed by atoms with E-state index in [9.17, 15) is 0 Å². The Balaban J connectivity index is 0.855. The molecule has 0 bridgehead atoms. The SMILES string of the molecule is C1=Cc2c(c3cc(-c4ccc(N(c5ccc(-c6ccc(N(c7ccccc7)c7ccccc7)cc6)cc5)c5ccc(-c6cccc7c6oc6ccccc67)cc5)cc4)ccc3n2-c2ccccc2)CC1. The largest absolute Gasteiger partial charge is 0.455 e. The number of nitrogens with zero attached hydrogens (tertiary/aromatic N) is 3. The number of furan rings is 1. The molecular formula is C66H47N3O. The Hall–Kier alpha value is -9.12. The molecule has 0 unspecified atom stereocenters. The minimum Gasteiger partial charge on any atom is -0.455 e. The molecule has 0 N–H and O–H groups in total. The van der Waals surface area contributed by atoms with E-state index < -0.39 is 0 Å². The van der Waals surface area contributed by atoms with Crippen LogP contribution in [0.4, 0.5) is 34.1 Å². The van der Waals surface area contributed by atoms with Crippen molar-refractivity contribution in [2.24, 2.45) is 0 Å². The van der Waals surface area contributed by atoms with Gasteiger partial charge in [-0.1, -0.05) is 152 Å². The van der Waals surface area contributed by atoms with Crippen molar-refractivity contribution in [1.82, 2.24) is 4.57 Å². The molecule has 0 radical (unpaired) electrons. The molecule has 2 heterocycles. The minimum absolute atomic E-state index is 0.902. The quantitative estimate of drug-likeness (QED) is 0.137. The summed E-state index contributed by atoms with van der Waals surface area (Å²) in [7, 11) is 0. The zero-order valence-corrected chi connectivity index (χ0v) is 38.5. The number of benzene rings is 10. The molecule has 332 valence electrons. The van der Waals surface area contributed by atoms with E-state index in [0.29, 0.717) is 0 Å². The van der Waals surface area contributed by atoms with Gasteiger partial charge in [-0.2, -0.15) is 0 Å². The summed E-state index contributed by atoms with van der Waals surface area (Å²) in [6.45, 7) is 0. The Kier molecular flexibility index (Phi) is 10.3. The van der Waals surface area contributed by atoms with E-state index in [0.717, 1.165) is 91.2 Å². The highest BCUT2D eigenvalue weighted by molar-refractivity contribution is 6.09. The second kappa shape index (κ2) is 17.5. The maximum atomic E-state index is 6.46. The zero-order valence-electron chi connectivity index (χ0n) is 38.5. The fourth-order valence-electron chi connectivity index (χ4n) is 10.5. The van der Waals surface area contributed by atoms with Gasteiger partial charge in [-0.3, -0.25) is 0 Å². The molecule has 10 aromatic carbocycles. The number of anilines is 6. The lowest BCUT2D eigenvalue weighted by Gasteiger charge is -2.26. The van der Waals surface area contributed by atoms with Gasteiger partial charge in [-0.05, 0) is 155 Å². The van der Waals surface area contributed by atoms with Crippen LogP contribution in [0.15, 0.2) is 259 Å². The third-order valence-corrected chi connectivity index (χ3v) is 13.9. The molecular weight excluding hydrogens is 851 g/mol. The average Bonchev–Trinajstić information content (AvgIpc) is 3.99. The molecule has 0 spiro atoms. The normalized spacial score (nSPS) is 12.1. The van der Waals surface area contributed by atoms with Gasteiger partial charge in [-0.25, -0.2) is 0 Å². The van der Waals surface area contributed by atoms with Crippen LogP contribution in [0.3, 0.4) is 0 Å². The number of fused-ring (bicyclic) bond motifs is 6. The summed E-state index contributed by atoms with van der Waals surface area (Å²) >= 11 is 0. The summed E-state index contributed by atoms with van der Waals surface area (Å²) < 4.78 is 8.88. The molecule has 0 fully saturated rings. The summed E-state index contributed by atoms with van der Waals surface area (Å²) in [6, 6.07) is 89.3. The van der Waals surface area contributed by atoms with Crippen LogP contribution >= 0.6 is 0 Å². The Bertz CT molecular complexity index is 3790. The summed E-state index contributed by atoms with van der Waals surface area (Å²) in [5, 5.41) is 3.58. The summed E-state index contributed by atoms with van der Waals surface area (Å²) in [5.41, 5.74) is 20.4. The number of rotatable bonds is 10. The Morgan fingerprint density at radius 1 is 0.371 bits per heavy atom. The maximum Gasteiger partial charge on any atom is 0.143 e. The first-order valence-corrected chi connectivity index (χ1v) is 24.1. The molecule has 4 nitrogen and oxygen atoms in total. The third kappa shape index (κ3) is 7.34. The molecule has 70 heavy (non-hydrogen) atoms. The molecule has 13 rings (SSSR count). The van der Waals surface area contributed by atoms with Crippen molar-refractivity contribution in [2.75, 3.05) is 9.80 Å². The van der Waals surface area contributed by atoms with E-state index in [1.807, 2.05) is 12.1 Å². The van der Waals surface area contributed by atoms with Crippen LogP contribution in [0.5, 0.6) is 0 Å². The predicted molar refractivity (Wildman–Crippen MR) is 294 cm³/mol.